The lowest BCUT2D eigenvalue weighted by atomic mass is 10.2. The highest BCUT2D eigenvalue weighted by Crippen LogP contribution is 2.24. The summed E-state index contributed by atoms with van der Waals surface area (Å²) in [5.74, 6) is 0.925. The normalized spacial score (nSPS) is 12.2. The van der Waals surface area contributed by atoms with Crippen LogP contribution in [0.25, 0.3) is 0 Å². The van der Waals surface area contributed by atoms with Crippen LogP contribution in [0.1, 0.15) is 38.4 Å². The zero-order valence-electron chi connectivity index (χ0n) is 12.2. The monoisotopic (exact) mass is 270 g/mol. The molecule has 0 radical (unpaired) electrons. The van der Waals surface area contributed by atoms with Crippen LogP contribution in [0.5, 0.6) is 0 Å². The molecule has 3 heteroatoms. The number of nitrogens with zero attached hydrogens (tertiary/aromatic N) is 2. The summed E-state index contributed by atoms with van der Waals surface area (Å²) in [6, 6.07) is 14.2. The van der Waals surface area contributed by atoms with Crippen LogP contribution in [0.4, 0.5) is 11.5 Å². The second kappa shape index (κ2) is 7.06. The van der Waals surface area contributed by atoms with E-state index in [1.807, 2.05) is 30.3 Å². The Kier molecular flexibility index (Phi) is 5.13. The van der Waals surface area contributed by atoms with Crippen LogP contribution < -0.4 is 4.90 Å². The van der Waals surface area contributed by atoms with E-state index in [0.717, 1.165) is 36.5 Å². The highest BCUT2D eigenvalue weighted by atomic mass is 16.3. The molecule has 0 aliphatic rings. The van der Waals surface area contributed by atoms with Crippen LogP contribution in [0, 0.1) is 0 Å². The number of aliphatic hydroxyl groups is 1. The van der Waals surface area contributed by atoms with Crippen molar-refractivity contribution < 1.29 is 5.11 Å². The van der Waals surface area contributed by atoms with Gasteiger partial charge in [0.25, 0.3) is 0 Å². The molecule has 0 aliphatic carbocycles. The van der Waals surface area contributed by atoms with Crippen LogP contribution in [0.2, 0.25) is 0 Å². The quantitative estimate of drug-likeness (QED) is 0.859. The van der Waals surface area contributed by atoms with Crippen LogP contribution in [-0.4, -0.2) is 16.6 Å². The molecule has 20 heavy (non-hydrogen) atoms. The molecule has 2 aromatic rings. The molecule has 1 atom stereocenters. The van der Waals surface area contributed by atoms with E-state index in [2.05, 4.69) is 28.9 Å². The van der Waals surface area contributed by atoms with Crippen molar-refractivity contribution in [1.29, 1.82) is 0 Å². The van der Waals surface area contributed by atoms with Gasteiger partial charge < -0.3 is 10.0 Å². The Labute approximate surface area is 120 Å². The fourth-order valence-electron chi connectivity index (χ4n) is 2.10. The highest BCUT2D eigenvalue weighted by molar-refractivity contribution is 5.59. The molecule has 1 aromatic carbocycles. The van der Waals surface area contributed by atoms with Gasteiger partial charge in [0.15, 0.2) is 0 Å². The number of benzene rings is 1. The third-order valence-corrected chi connectivity index (χ3v) is 3.33. The molecule has 0 spiro atoms. The van der Waals surface area contributed by atoms with Crippen LogP contribution >= 0.6 is 0 Å². The average Bonchev–Trinajstić information content (AvgIpc) is 2.49. The summed E-state index contributed by atoms with van der Waals surface area (Å²) in [5.41, 5.74) is 2.00. The zero-order chi connectivity index (χ0) is 14.4. The first kappa shape index (κ1) is 14.5. The van der Waals surface area contributed by atoms with Crippen LogP contribution in [0.15, 0.2) is 48.7 Å². The van der Waals surface area contributed by atoms with Crippen molar-refractivity contribution in [3.63, 3.8) is 0 Å². The summed E-state index contributed by atoms with van der Waals surface area (Å²) >= 11 is 0. The van der Waals surface area contributed by atoms with E-state index < -0.39 is 6.10 Å². The number of hydrogen-bond acceptors (Lipinski definition) is 3. The van der Waals surface area contributed by atoms with Crippen molar-refractivity contribution >= 4 is 11.5 Å². The summed E-state index contributed by atoms with van der Waals surface area (Å²) in [6.45, 7) is 4.89. The fraction of sp³-hybridized carbons (Fsp3) is 0.353. The van der Waals surface area contributed by atoms with Crippen molar-refractivity contribution in [2.45, 2.75) is 32.8 Å². The van der Waals surface area contributed by atoms with Crippen molar-refractivity contribution in [2.75, 3.05) is 11.4 Å². The lowest BCUT2D eigenvalue weighted by Crippen LogP contribution is -2.19. The number of aliphatic hydroxyl groups excluding tert-OH is 1. The molecule has 0 amide bonds. The number of unbranched alkanes of at least 4 members (excludes halogenated alkanes) is 1. The molecule has 0 fully saturated rings. The van der Waals surface area contributed by atoms with E-state index in [0.29, 0.717) is 0 Å². The Balaban J connectivity index is 2.26. The summed E-state index contributed by atoms with van der Waals surface area (Å²) in [7, 11) is 0. The molecule has 3 nitrogen and oxygen atoms in total. The third-order valence-electron chi connectivity index (χ3n) is 3.33. The van der Waals surface area contributed by atoms with Gasteiger partial charge in [0.1, 0.15) is 5.82 Å². The van der Waals surface area contributed by atoms with Crippen molar-refractivity contribution in [2.24, 2.45) is 0 Å². The van der Waals surface area contributed by atoms with Crippen molar-refractivity contribution in [3.05, 3.63) is 54.2 Å². The summed E-state index contributed by atoms with van der Waals surface area (Å²) in [6.07, 6.45) is 3.54. The molecule has 0 saturated heterocycles. The number of para-hydroxylation sites is 1. The summed E-state index contributed by atoms with van der Waals surface area (Å²) in [4.78, 5) is 6.71. The van der Waals surface area contributed by atoms with Crippen LogP contribution in [-0.2, 0) is 0 Å². The van der Waals surface area contributed by atoms with Gasteiger partial charge in [0.05, 0.1) is 6.10 Å². The molecule has 1 heterocycles. The Morgan fingerprint density at radius 2 is 1.90 bits per heavy atom. The van der Waals surface area contributed by atoms with E-state index >= 15 is 0 Å². The van der Waals surface area contributed by atoms with Gasteiger partial charge in [-0.1, -0.05) is 37.6 Å². The number of rotatable bonds is 6. The first-order valence-corrected chi connectivity index (χ1v) is 7.19. The largest absolute Gasteiger partial charge is 0.389 e. The Morgan fingerprint density at radius 1 is 1.15 bits per heavy atom. The SMILES string of the molecule is CCCCN(c1ccccc1)c1ccc([C@H](C)O)cn1. The first-order valence-electron chi connectivity index (χ1n) is 7.19. The third kappa shape index (κ3) is 3.58. The maximum Gasteiger partial charge on any atom is 0.132 e. The number of aromatic nitrogens is 1. The van der Waals surface area contributed by atoms with Gasteiger partial charge in [-0.2, -0.15) is 0 Å². The minimum absolute atomic E-state index is 0.475. The minimum Gasteiger partial charge on any atom is -0.389 e. The second-order valence-corrected chi connectivity index (χ2v) is 4.97. The van der Waals surface area contributed by atoms with E-state index in [1.54, 1.807) is 13.1 Å². The zero-order valence-corrected chi connectivity index (χ0v) is 12.2. The van der Waals surface area contributed by atoms with E-state index in [4.69, 9.17) is 0 Å². The van der Waals surface area contributed by atoms with E-state index in [-0.39, 0.29) is 0 Å². The van der Waals surface area contributed by atoms with Gasteiger partial charge in [-0.3, -0.25) is 0 Å². The second-order valence-electron chi connectivity index (χ2n) is 4.97. The standard InChI is InChI=1S/C17H22N2O/c1-3-4-12-19(16-8-6-5-7-9-16)17-11-10-15(13-18-17)14(2)20/h5-11,13-14,20H,3-4,12H2,1-2H3/t14-/m0/s1. The Morgan fingerprint density at radius 3 is 2.45 bits per heavy atom. The molecule has 106 valence electrons. The molecule has 0 saturated carbocycles. The van der Waals surface area contributed by atoms with Gasteiger partial charge in [-0.15, -0.1) is 0 Å². The highest BCUT2D eigenvalue weighted by Gasteiger charge is 2.10. The van der Waals surface area contributed by atoms with E-state index in [1.165, 1.54) is 0 Å². The fourth-order valence-corrected chi connectivity index (χ4v) is 2.10. The first-order chi connectivity index (χ1) is 9.72. The van der Waals surface area contributed by atoms with Gasteiger partial charge in [-0.25, -0.2) is 4.98 Å². The Hall–Kier alpha value is -1.87. The summed E-state index contributed by atoms with van der Waals surface area (Å²) in [5, 5.41) is 9.56. The van der Waals surface area contributed by atoms with Gasteiger partial charge in [-0.05, 0) is 37.1 Å². The molecule has 0 bridgehead atoms. The van der Waals surface area contributed by atoms with Crippen molar-refractivity contribution in [3.8, 4) is 0 Å². The number of pyridine rings is 1. The molecule has 0 unspecified atom stereocenters. The molecule has 0 aliphatic heterocycles. The van der Waals surface area contributed by atoms with E-state index in [9.17, 15) is 5.11 Å². The summed E-state index contributed by atoms with van der Waals surface area (Å²) < 4.78 is 0. The van der Waals surface area contributed by atoms with Gasteiger partial charge in [0.2, 0.25) is 0 Å². The topological polar surface area (TPSA) is 36.4 Å². The molecule has 1 N–H and O–H groups in total. The lowest BCUT2D eigenvalue weighted by Gasteiger charge is -2.24. The number of anilines is 2. The number of hydrogen-bond donors (Lipinski definition) is 1. The Bertz CT molecular complexity index is 508. The molecular formula is C17H22N2O. The predicted octanol–water partition coefficient (Wildman–Crippen LogP) is 4.07. The maximum atomic E-state index is 9.56. The van der Waals surface area contributed by atoms with Crippen molar-refractivity contribution in [1.82, 2.24) is 4.98 Å². The predicted molar refractivity (Wildman–Crippen MR) is 83.2 cm³/mol. The lowest BCUT2D eigenvalue weighted by molar-refractivity contribution is 0.199. The molecule has 2 rings (SSSR count). The van der Waals surface area contributed by atoms with Gasteiger partial charge >= 0.3 is 0 Å². The molecular weight excluding hydrogens is 248 g/mol. The minimum atomic E-state index is -0.475. The maximum absolute atomic E-state index is 9.56. The van der Waals surface area contributed by atoms with Gasteiger partial charge in [0, 0.05) is 18.4 Å². The molecule has 1 aromatic heterocycles. The van der Waals surface area contributed by atoms with Crippen LogP contribution in [0.3, 0.4) is 0 Å². The smallest absolute Gasteiger partial charge is 0.132 e. The average molecular weight is 270 g/mol.